The summed E-state index contributed by atoms with van der Waals surface area (Å²) >= 11 is 12.4. The lowest BCUT2D eigenvalue weighted by Crippen LogP contribution is -2.53. The van der Waals surface area contributed by atoms with Crippen LogP contribution in [0.3, 0.4) is 0 Å². The van der Waals surface area contributed by atoms with E-state index < -0.39 is 28.5 Å². The van der Waals surface area contributed by atoms with E-state index in [-0.39, 0.29) is 23.4 Å². The standard InChI is InChI=1S/C31H37Cl2N3O5S/c1-6-22(4)34-31(38)29(7-2)35(19-23-10-17-27(32)28(33)18-23)30(37)20-36(24-11-8-21(3)9-12-24)42(39,40)26-15-13-25(41-5)14-16-26/h8-18,22,29H,6-7,19-20H2,1-5H3,(H,34,38)/t22-,29+/m0/s1. The van der Waals surface area contributed by atoms with Gasteiger partial charge in [0.1, 0.15) is 18.3 Å². The van der Waals surface area contributed by atoms with Crippen molar-refractivity contribution in [2.24, 2.45) is 0 Å². The van der Waals surface area contributed by atoms with Crippen LogP contribution in [-0.2, 0) is 26.2 Å². The first kappa shape index (κ1) is 33.2. The summed E-state index contributed by atoms with van der Waals surface area (Å²) in [6, 6.07) is 16.8. The first-order valence-corrected chi connectivity index (χ1v) is 15.9. The van der Waals surface area contributed by atoms with Crippen LogP contribution in [0.25, 0.3) is 0 Å². The van der Waals surface area contributed by atoms with Crippen molar-refractivity contribution in [3.05, 3.63) is 87.9 Å². The Kier molecular flexibility index (Phi) is 11.7. The highest BCUT2D eigenvalue weighted by Gasteiger charge is 2.34. The normalized spacial score (nSPS) is 12.7. The van der Waals surface area contributed by atoms with Gasteiger partial charge in [-0.2, -0.15) is 0 Å². The average Bonchev–Trinajstić information content (AvgIpc) is 2.97. The van der Waals surface area contributed by atoms with Gasteiger partial charge in [0.15, 0.2) is 0 Å². The van der Waals surface area contributed by atoms with Crippen LogP contribution in [0.15, 0.2) is 71.6 Å². The highest BCUT2D eigenvalue weighted by molar-refractivity contribution is 7.92. The van der Waals surface area contributed by atoms with Gasteiger partial charge in [-0.05, 0) is 80.8 Å². The van der Waals surface area contributed by atoms with E-state index in [1.807, 2.05) is 27.7 Å². The molecule has 2 amide bonds. The molecule has 226 valence electrons. The predicted octanol–water partition coefficient (Wildman–Crippen LogP) is 6.23. The van der Waals surface area contributed by atoms with Crippen molar-refractivity contribution in [3.63, 3.8) is 0 Å². The van der Waals surface area contributed by atoms with Gasteiger partial charge in [-0.1, -0.05) is 60.8 Å². The Hall–Kier alpha value is -3.27. The maximum absolute atomic E-state index is 14.1. The number of amides is 2. The molecule has 0 aromatic heterocycles. The fourth-order valence-electron chi connectivity index (χ4n) is 4.31. The number of methoxy groups -OCH3 is 1. The second-order valence-electron chi connectivity index (χ2n) is 10.0. The third kappa shape index (κ3) is 8.18. The molecule has 3 rings (SSSR count). The molecule has 42 heavy (non-hydrogen) atoms. The molecule has 0 saturated heterocycles. The third-order valence-electron chi connectivity index (χ3n) is 6.97. The number of anilines is 1. The minimum atomic E-state index is -4.19. The summed E-state index contributed by atoms with van der Waals surface area (Å²) < 4.78 is 34.2. The van der Waals surface area contributed by atoms with Crippen LogP contribution in [-0.4, -0.2) is 50.9 Å². The summed E-state index contributed by atoms with van der Waals surface area (Å²) in [6.45, 7) is 7.02. The molecular formula is C31H37Cl2N3O5S. The van der Waals surface area contributed by atoms with Crippen LogP contribution in [0.5, 0.6) is 5.75 Å². The van der Waals surface area contributed by atoms with E-state index in [9.17, 15) is 18.0 Å². The minimum absolute atomic E-state index is 0.00531. The van der Waals surface area contributed by atoms with Crippen molar-refractivity contribution in [2.45, 2.75) is 64.1 Å². The number of ether oxygens (including phenoxy) is 1. The van der Waals surface area contributed by atoms with Crippen LogP contribution in [0.4, 0.5) is 5.69 Å². The summed E-state index contributed by atoms with van der Waals surface area (Å²) in [4.78, 5) is 28.9. The smallest absolute Gasteiger partial charge is 0.264 e. The van der Waals surface area contributed by atoms with Crippen LogP contribution in [0.1, 0.15) is 44.7 Å². The van der Waals surface area contributed by atoms with Crippen molar-refractivity contribution in [1.82, 2.24) is 10.2 Å². The van der Waals surface area contributed by atoms with E-state index >= 15 is 0 Å². The number of carbonyl (C=O) groups excluding carboxylic acids is 2. The zero-order chi connectivity index (χ0) is 31.0. The topological polar surface area (TPSA) is 96.0 Å². The molecule has 2 atom stereocenters. The Morgan fingerprint density at radius 3 is 2.12 bits per heavy atom. The molecule has 0 heterocycles. The van der Waals surface area contributed by atoms with Gasteiger partial charge in [-0.15, -0.1) is 0 Å². The van der Waals surface area contributed by atoms with E-state index in [2.05, 4.69) is 5.32 Å². The Labute approximate surface area is 258 Å². The Morgan fingerprint density at radius 1 is 0.929 bits per heavy atom. The largest absolute Gasteiger partial charge is 0.497 e. The SMILES string of the molecule is CC[C@H](C(=O)N[C@@H](C)CC)N(Cc1ccc(Cl)c(Cl)c1)C(=O)CN(c1ccc(C)cc1)S(=O)(=O)c1ccc(OC)cc1. The molecule has 0 saturated carbocycles. The number of hydrogen-bond acceptors (Lipinski definition) is 5. The van der Waals surface area contributed by atoms with Gasteiger partial charge < -0.3 is 15.0 Å². The monoisotopic (exact) mass is 633 g/mol. The number of carbonyl (C=O) groups is 2. The van der Waals surface area contributed by atoms with Crippen molar-refractivity contribution in [2.75, 3.05) is 18.0 Å². The molecule has 0 aliphatic heterocycles. The Bertz CT molecular complexity index is 1480. The van der Waals surface area contributed by atoms with E-state index in [1.54, 1.807) is 54.6 Å². The highest BCUT2D eigenvalue weighted by atomic mass is 35.5. The molecule has 11 heteroatoms. The lowest BCUT2D eigenvalue weighted by atomic mass is 10.1. The molecule has 0 spiro atoms. The first-order chi connectivity index (χ1) is 19.9. The number of nitrogens with one attached hydrogen (secondary N) is 1. The molecule has 0 aliphatic carbocycles. The van der Waals surface area contributed by atoms with E-state index in [1.165, 1.54) is 24.1 Å². The second-order valence-corrected chi connectivity index (χ2v) is 12.7. The van der Waals surface area contributed by atoms with Crippen molar-refractivity contribution in [1.29, 1.82) is 0 Å². The molecule has 0 radical (unpaired) electrons. The Morgan fingerprint density at radius 2 is 1.57 bits per heavy atom. The Balaban J connectivity index is 2.07. The van der Waals surface area contributed by atoms with Crippen molar-refractivity contribution < 1.29 is 22.7 Å². The van der Waals surface area contributed by atoms with Crippen molar-refractivity contribution >= 4 is 50.7 Å². The number of aryl methyl sites for hydroxylation is 1. The lowest BCUT2D eigenvalue weighted by Gasteiger charge is -2.33. The van der Waals surface area contributed by atoms with Crippen molar-refractivity contribution in [3.8, 4) is 5.75 Å². The number of rotatable bonds is 13. The van der Waals surface area contributed by atoms with E-state index in [0.717, 1.165) is 9.87 Å². The summed E-state index contributed by atoms with van der Waals surface area (Å²) in [7, 11) is -2.70. The maximum atomic E-state index is 14.1. The molecule has 1 N–H and O–H groups in total. The summed E-state index contributed by atoms with van der Waals surface area (Å²) in [5, 5.41) is 3.62. The minimum Gasteiger partial charge on any atom is -0.497 e. The van der Waals surface area contributed by atoms with Gasteiger partial charge in [0.2, 0.25) is 11.8 Å². The molecule has 8 nitrogen and oxygen atoms in total. The first-order valence-electron chi connectivity index (χ1n) is 13.7. The van der Waals surface area contributed by atoms with Crippen LogP contribution >= 0.6 is 23.2 Å². The van der Waals surface area contributed by atoms with Gasteiger partial charge in [0.05, 0.1) is 27.7 Å². The lowest BCUT2D eigenvalue weighted by molar-refractivity contribution is -0.140. The highest BCUT2D eigenvalue weighted by Crippen LogP contribution is 2.28. The molecule has 3 aromatic carbocycles. The maximum Gasteiger partial charge on any atom is 0.264 e. The number of hydrogen-bond donors (Lipinski definition) is 1. The fourth-order valence-corrected chi connectivity index (χ4v) is 6.04. The summed E-state index contributed by atoms with van der Waals surface area (Å²) in [5.74, 6) is -0.372. The second kappa shape index (κ2) is 14.8. The van der Waals surface area contributed by atoms with E-state index in [4.69, 9.17) is 27.9 Å². The molecular weight excluding hydrogens is 597 g/mol. The summed E-state index contributed by atoms with van der Waals surface area (Å²) in [6.07, 6.45) is 1.02. The summed E-state index contributed by atoms with van der Waals surface area (Å²) in [5.41, 5.74) is 1.89. The van der Waals surface area contributed by atoms with Gasteiger partial charge in [0.25, 0.3) is 10.0 Å². The number of benzene rings is 3. The van der Waals surface area contributed by atoms with Gasteiger partial charge in [0, 0.05) is 12.6 Å². The number of halogens is 2. The molecule has 0 fully saturated rings. The fraction of sp³-hybridized carbons (Fsp3) is 0.355. The van der Waals surface area contributed by atoms with Crippen LogP contribution in [0.2, 0.25) is 10.0 Å². The zero-order valence-electron chi connectivity index (χ0n) is 24.4. The molecule has 0 unspecified atom stereocenters. The zero-order valence-corrected chi connectivity index (χ0v) is 26.8. The van der Waals surface area contributed by atoms with Crippen LogP contribution < -0.4 is 14.4 Å². The third-order valence-corrected chi connectivity index (χ3v) is 9.50. The number of nitrogens with zero attached hydrogens (tertiary/aromatic N) is 2. The van der Waals surface area contributed by atoms with Gasteiger partial charge >= 0.3 is 0 Å². The van der Waals surface area contributed by atoms with Gasteiger partial charge in [-0.3, -0.25) is 13.9 Å². The quantitative estimate of drug-likeness (QED) is 0.241. The van der Waals surface area contributed by atoms with Crippen LogP contribution in [0, 0.1) is 6.92 Å². The van der Waals surface area contributed by atoms with E-state index in [0.29, 0.717) is 39.9 Å². The molecule has 0 aliphatic rings. The molecule has 0 bridgehead atoms. The molecule has 3 aromatic rings. The number of sulfonamides is 1. The predicted molar refractivity (Wildman–Crippen MR) is 168 cm³/mol. The average molecular weight is 635 g/mol. The van der Waals surface area contributed by atoms with Gasteiger partial charge in [-0.25, -0.2) is 8.42 Å².